The fourth-order valence-corrected chi connectivity index (χ4v) is 2.02. The van der Waals surface area contributed by atoms with E-state index in [0.717, 1.165) is 11.1 Å². The van der Waals surface area contributed by atoms with Crippen molar-refractivity contribution in [2.45, 2.75) is 12.8 Å². The lowest BCUT2D eigenvalue weighted by Crippen LogP contribution is -2.13. The molecule has 3 nitrogen and oxygen atoms in total. The van der Waals surface area contributed by atoms with E-state index in [1.807, 2.05) is 31.5 Å². The van der Waals surface area contributed by atoms with Gasteiger partial charge in [0, 0.05) is 24.9 Å². The number of aromatic amines is 1. The molecule has 1 heterocycles. The van der Waals surface area contributed by atoms with Gasteiger partial charge in [0.25, 0.3) is 0 Å². The standard InChI is InChI=1S/C14H17FN2O/c1-2-18-14-4-3-10(7-13(14)15)12(8-16)11-5-6-17-9-11/h3-7,9,12,17H,2,8,16H2,1H3. The molecule has 3 N–H and O–H groups in total. The summed E-state index contributed by atoms with van der Waals surface area (Å²) in [6, 6.07) is 6.96. The van der Waals surface area contributed by atoms with Crippen molar-refractivity contribution in [1.29, 1.82) is 0 Å². The first-order valence-corrected chi connectivity index (χ1v) is 6.01. The van der Waals surface area contributed by atoms with Crippen LogP contribution in [0.3, 0.4) is 0 Å². The molecule has 0 aliphatic heterocycles. The SMILES string of the molecule is CCOc1ccc(C(CN)c2cc[nH]c2)cc1F. The van der Waals surface area contributed by atoms with Crippen molar-refractivity contribution in [2.75, 3.05) is 13.2 Å². The van der Waals surface area contributed by atoms with Crippen LogP contribution in [0.4, 0.5) is 4.39 Å². The molecule has 2 rings (SSSR count). The van der Waals surface area contributed by atoms with E-state index in [0.29, 0.717) is 13.2 Å². The lowest BCUT2D eigenvalue weighted by molar-refractivity contribution is 0.321. The minimum absolute atomic E-state index is 0.00132. The lowest BCUT2D eigenvalue weighted by atomic mass is 9.93. The van der Waals surface area contributed by atoms with Crippen molar-refractivity contribution in [3.8, 4) is 5.75 Å². The van der Waals surface area contributed by atoms with Crippen LogP contribution in [0.25, 0.3) is 0 Å². The molecule has 0 amide bonds. The molecular weight excluding hydrogens is 231 g/mol. The second-order valence-corrected chi connectivity index (χ2v) is 4.06. The van der Waals surface area contributed by atoms with Crippen molar-refractivity contribution in [3.63, 3.8) is 0 Å². The summed E-state index contributed by atoms with van der Waals surface area (Å²) in [7, 11) is 0. The van der Waals surface area contributed by atoms with E-state index < -0.39 is 0 Å². The zero-order valence-electron chi connectivity index (χ0n) is 10.3. The summed E-state index contributed by atoms with van der Waals surface area (Å²) >= 11 is 0. The van der Waals surface area contributed by atoms with Crippen molar-refractivity contribution in [1.82, 2.24) is 4.98 Å². The zero-order valence-corrected chi connectivity index (χ0v) is 10.3. The Kier molecular flexibility index (Phi) is 3.99. The normalized spacial score (nSPS) is 12.4. The Labute approximate surface area is 106 Å². The van der Waals surface area contributed by atoms with Crippen molar-refractivity contribution < 1.29 is 9.13 Å². The van der Waals surface area contributed by atoms with Gasteiger partial charge in [0.1, 0.15) is 0 Å². The average molecular weight is 248 g/mol. The van der Waals surface area contributed by atoms with Crippen LogP contribution < -0.4 is 10.5 Å². The highest BCUT2D eigenvalue weighted by Crippen LogP contribution is 2.27. The second kappa shape index (κ2) is 5.69. The molecule has 0 saturated carbocycles. The third-order valence-corrected chi connectivity index (χ3v) is 2.92. The fourth-order valence-electron chi connectivity index (χ4n) is 2.02. The van der Waals surface area contributed by atoms with Gasteiger partial charge < -0.3 is 15.5 Å². The van der Waals surface area contributed by atoms with Gasteiger partial charge in [-0.25, -0.2) is 4.39 Å². The van der Waals surface area contributed by atoms with Crippen LogP contribution in [0.1, 0.15) is 24.0 Å². The van der Waals surface area contributed by atoms with E-state index in [1.165, 1.54) is 6.07 Å². The van der Waals surface area contributed by atoms with E-state index >= 15 is 0 Å². The van der Waals surface area contributed by atoms with E-state index in [9.17, 15) is 4.39 Å². The van der Waals surface area contributed by atoms with Gasteiger partial charge in [0.05, 0.1) is 6.61 Å². The van der Waals surface area contributed by atoms with E-state index in [2.05, 4.69) is 4.98 Å². The molecule has 1 unspecified atom stereocenters. The van der Waals surface area contributed by atoms with Gasteiger partial charge in [-0.2, -0.15) is 0 Å². The summed E-state index contributed by atoms with van der Waals surface area (Å²) in [5, 5.41) is 0. The maximum Gasteiger partial charge on any atom is 0.165 e. The highest BCUT2D eigenvalue weighted by atomic mass is 19.1. The number of nitrogens with two attached hydrogens (primary N) is 1. The summed E-state index contributed by atoms with van der Waals surface area (Å²) in [6.45, 7) is 2.72. The molecule has 0 radical (unpaired) electrons. The maximum absolute atomic E-state index is 13.8. The summed E-state index contributed by atoms with van der Waals surface area (Å²) in [4.78, 5) is 2.99. The van der Waals surface area contributed by atoms with Gasteiger partial charge in [0.15, 0.2) is 11.6 Å². The molecule has 1 aromatic heterocycles. The monoisotopic (exact) mass is 248 g/mol. The molecule has 2 aromatic rings. The summed E-state index contributed by atoms with van der Waals surface area (Å²) in [5.41, 5.74) is 7.69. The first kappa shape index (κ1) is 12.6. The quantitative estimate of drug-likeness (QED) is 0.854. The number of benzene rings is 1. The Morgan fingerprint density at radius 3 is 2.72 bits per heavy atom. The number of hydrogen-bond acceptors (Lipinski definition) is 2. The summed E-state index contributed by atoms with van der Waals surface area (Å²) < 4.78 is 19.0. The van der Waals surface area contributed by atoms with Crippen LogP contribution in [0.2, 0.25) is 0 Å². The van der Waals surface area contributed by atoms with E-state index in [-0.39, 0.29) is 17.5 Å². The molecule has 0 saturated heterocycles. The Hall–Kier alpha value is -1.81. The smallest absolute Gasteiger partial charge is 0.165 e. The number of ether oxygens (including phenoxy) is 1. The molecule has 0 spiro atoms. The molecule has 4 heteroatoms. The Balaban J connectivity index is 2.30. The second-order valence-electron chi connectivity index (χ2n) is 4.06. The van der Waals surface area contributed by atoms with E-state index in [4.69, 9.17) is 10.5 Å². The van der Waals surface area contributed by atoms with Crippen LogP contribution in [-0.2, 0) is 0 Å². The van der Waals surface area contributed by atoms with Crippen LogP contribution >= 0.6 is 0 Å². The fraction of sp³-hybridized carbons (Fsp3) is 0.286. The van der Waals surface area contributed by atoms with Crippen LogP contribution in [0.15, 0.2) is 36.7 Å². The predicted octanol–water partition coefficient (Wildman–Crippen LogP) is 2.64. The van der Waals surface area contributed by atoms with Crippen molar-refractivity contribution in [3.05, 3.63) is 53.6 Å². The Morgan fingerprint density at radius 1 is 1.33 bits per heavy atom. The topological polar surface area (TPSA) is 51.0 Å². The van der Waals surface area contributed by atoms with Crippen LogP contribution in [0, 0.1) is 5.82 Å². The molecule has 1 aromatic carbocycles. The molecule has 96 valence electrons. The molecule has 1 atom stereocenters. The molecule has 0 bridgehead atoms. The summed E-state index contributed by atoms with van der Waals surface area (Å²) in [6.07, 6.45) is 3.72. The summed E-state index contributed by atoms with van der Waals surface area (Å²) in [5.74, 6) is -0.0594. The van der Waals surface area contributed by atoms with Crippen molar-refractivity contribution in [2.24, 2.45) is 5.73 Å². The molecule has 18 heavy (non-hydrogen) atoms. The van der Waals surface area contributed by atoms with Gasteiger partial charge in [-0.05, 0) is 36.2 Å². The number of halogens is 1. The Morgan fingerprint density at radius 2 is 2.17 bits per heavy atom. The van der Waals surface area contributed by atoms with Gasteiger partial charge in [0.2, 0.25) is 0 Å². The zero-order chi connectivity index (χ0) is 13.0. The maximum atomic E-state index is 13.8. The minimum atomic E-state index is -0.344. The van der Waals surface area contributed by atoms with Crippen LogP contribution in [0.5, 0.6) is 5.75 Å². The van der Waals surface area contributed by atoms with Crippen LogP contribution in [-0.4, -0.2) is 18.1 Å². The third kappa shape index (κ3) is 2.54. The highest BCUT2D eigenvalue weighted by molar-refractivity contribution is 5.36. The number of H-pyrrole nitrogens is 1. The minimum Gasteiger partial charge on any atom is -0.491 e. The third-order valence-electron chi connectivity index (χ3n) is 2.92. The van der Waals surface area contributed by atoms with E-state index in [1.54, 1.807) is 6.07 Å². The predicted molar refractivity (Wildman–Crippen MR) is 69.3 cm³/mol. The number of aromatic nitrogens is 1. The van der Waals surface area contributed by atoms with Gasteiger partial charge in [-0.1, -0.05) is 6.07 Å². The Bertz CT molecular complexity index is 497. The molecule has 0 fully saturated rings. The first-order chi connectivity index (χ1) is 8.76. The van der Waals surface area contributed by atoms with Crippen molar-refractivity contribution >= 4 is 0 Å². The number of hydrogen-bond donors (Lipinski definition) is 2. The largest absolute Gasteiger partial charge is 0.491 e. The van der Waals surface area contributed by atoms with Gasteiger partial charge >= 0.3 is 0 Å². The highest BCUT2D eigenvalue weighted by Gasteiger charge is 2.15. The number of rotatable bonds is 5. The van der Waals surface area contributed by atoms with Gasteiger partial charge in [-0.3, -0.25) is 0 Å². The molecular formula is C14H17FN2O. The number of nitrogens with one attached hydrogen (secondary N) is 1. The first-order valence-electron chi connectivity index (χ1n) is 6.01. The van der Waals surface area contributed by atoms with Gasteiger partial charge in [-0.15, -0.1) is 0 Å². The molecule has 0 aliphatic rings. The molecule has 0 aliphatic carbocycles. The average Bonchev–Trinajstić information content (AvgIpc) is 2.87. The lowest BCUT2D eigenvalue weighted by Gasteiger charge is -2.15.